The van der Waals surface area contributed by atoms with Crippen LogP contribution in [0.4, 0.5) is 13.2 Å². The fourth-order valence-corrected chi connectivity index (χ4v) is 5.29. The summed E-state index contributed by atoms with van der Waals surface area (Å²) in [7, 11) is 0. The van der Waals surface area contributed by atoms with E-state index >= 15 is 0 Å². The molecule has 1 fully saturated rings. The SMILES string of the molecule is N#CCC(=O)N[C@@H]1C(=O)N2C(C(=O)O)=C(Sc3ccc(C(F)(F)F)cc3)CS[C@H]12. The number of halogens is 3. The molecule has 0 radical (unpaired) electrons. The summed E-state index contributed by atoms with van der Waals surface area (Å²) in [5.41, 5.74) is -1.07. The molecule has 152 valence electrons. The van der Waals surface area contributed by atoms with Crippen LogP contribution in [0.2, 0.25) is 0 Å². The lowest BCUT2D eigenvalue weighted by Gasteiger charge is -2.49. The van der Waals surface area contributed by atoms with E-state index in [1.165, 1.54) is 23.9 Å². The van der Waals surface area contributed by atoms with Crippen molar-refractivity contribution in [2.75, 3.05) is 5.75 Å². The molecule has 3 rings (SSSR count). The molecule has 0 aromatic heterocycles. The van der Waals surface area contributed by atoms with E-state index in [0.717, 1.165) is 28.8 Å². The molecule has 0 unspecified atom stereocenters. The van der Waals surface area contributed by atoms with Gasteiger partial charge < -0.3 is 10.4 Å². The zero-order valence-electron chi connectivity index (χ0n) is 14.4. The summed E-state index contributed by atoms with van der Waals surface area (Å²) in [5, 5.41) is 19.9. The molecule has 2 aliphatic heterocycles. The first kappa shape index (κ1) is 21.1. The van der Waals surface area contributed by atoms with Gasteiger partial charge in [0, 0.05) is 15.6 Å². The number of nitriles is 1. The quantitative estimate of drug-likeness (QED) is 0.673. The second-order valence-corrected chi connectivity index (χ2v) is 8.26. The van der Waals surface area contributed by atoms with E-state index < -0.39 is 47.4 Å². The van der Waals surface area contributed by atoms with Crippen LogP contribution in [0, 0.1) is 11.3 Å². The monoisotopic (exact) mass is 443 g/mol. The molecule has 1 saturated heterocycles. The van der Waals surface area contributed by atoms with Gasteiger partial charge in [-0.05, 0) is 24.3 Å². The maximum absolute atomic E-state index is 12.7. The maximum Gasteiger partial charge on any atom is 0.416 e. The number of rotatable bonds is 5. The van der Waals surface area contributed by atoms with Crippen LogP contribution in [-0.4, -0.2) is 45.0 Å². The average molecular weight is 443 g/mol. The summed E-state index contributed by atoms with van der Waals surface area (Å²) < 4.78 is 38.0. The van der Waals surface area contributed by atoms with Crippen LogP contribution < -0.4 is 5.32 Å². The molecule has 2 N–H and O–H groups in total. The van der Waals surface area contributed by atoms with E-state index in [1.54, 1.807) is 6.07 Å². The van der Waals surface area contributed by atoms with Gasteiger partial charge in [-0.1, -0.05) is 11.8 Å². The van der Waals surface area contributed by atoms with Crippen LogP contribution in [0.3, 0.4) is 0 Å². The van der Waals surface area contributed by atoms with Crippen LogP contribution in [0.1, 0.15) is 12.0 Å². The van der Waals surface area contributed by atoms with Gasteiger partial charge in [0.2, 0.25) is 5.91 Å². The summed E-state index contributed by atoms with van der Waals surface area (Å²) >= 11 is 2.20. The summed E-state index contributed by atoms with van der Waals surface area (Å²) in [4.78, 5) is 37.5. The topological polar surface area (TPSA) is 111 Å². The number of thioether (sulfide) groups is 2. The molecular weight excluding hydrogens is 431 g/mol. The third-order valence-electron chi connectivity index (χ3n) is 4.11. The first-order valence-corrected chi connectivity index (χ1v) is 9.92. The van der Waals surface area contributed by atoms with Crippen molar-refractivity contribution in [1.29, 1.82) is 5.26 Å². The number of carbonyl (C=O) groups excluding carboxylic acids is 2. The highest BCUT2D eigenvalue weighted by atomic mass is 32.2. The van der Waals surface area contributed by atoms with Crippen molar-refractivity contribution in [1.82, 2.24) is 10.2 Å². The first-order chi connectivity index (χ1) is 13.6. The Labute approximate surface area is 170 Å². The standard InChI is InChI=1S/C17H12F3N3O4S2/c18-17(19,20)8-1-3-9(4-2-8)29-10-7-28-15-12(22-11(24)5-6-21)14(25)23(15)13(10)16(26)27/h1-4,12,15H,5,7H2,(H,22,24)(H,26,27)/t12-,15-/m1/s1. The largest absolute Gasteiger partial charge is 0.477 e. The highest BCUT2D eigenvalue weighted by molar-refractivity contribution is 8.06. The molecule has 29 heavy (non-hydrogen) atoms. The van der Waals surface area contributed by atoms with Crippen LogP contribution in [-0.2, 0) is 20.6 Å². The zero-order chi connectivity index (χ0) is 21.3. The molecule has 12 heteroatoms. The number of carbonyl (C=O) groups is 3. The maximum atomic E-state index is 12.7. The number of benzene rings is 1. The molecule has 0 bridgehead atoms. The molecule has 1 aromatic carbocycles. The lowest BCUT2D eigenvalue weighted by atomic mass is 10.0. The van der Waals surface area contributed by atoms with Gasteiger partial charge in [0.1, 0.15) is 23.5 Å². The molecular formula is C17H12F3N3O4S2. The predicted octanol–water partition coefficient (Wildman–Crippen LogP) is 2.41. The van der Waals surface area contributed by atoms with E-state index in [9.17, 15) is 32.7 Å². The number of nitrogens with one attached hydrogen (secondary N) is 1. The Balaban J connectivity index is 1.80. The summed E-state index contributed by atoms with van der Waals surface area (Å²) in [5.74, 6) is -2.39. The highest BCUT2D eigenvalue weighted by Gasteiger charge is 2.54. The van der Waals surface area contributed by atoms with E-state index in [2.05, 4.69) is 5.32 Å². The summed E-state index contributed by atoms with van der Waals surface area (Å²) in [6.07, 6.45) is -4.89. The van der Waals surface area contributed by atoms with Gasteiger partial charge in [-0.2, -0.15) is 18.4 Å². The number of carboxylic acids is 1. The Hall–Kier alpha value is -2.65. The minimum Gasteiger partial charge on any atom is -0.477 e. The molecule has 2 amide bonds. The molecule has 1 aromatic rings. The molecule has 2 heterocycles. The Morgan fingerprint density at radius 1 is 1.34 bits per heavy atom. The van der Waals surface area contributed by atoms with Gasteiger partial charge >= 0.3 is 12.1 Å². The number of fused-ring (bicyclic) bond motifs is 1. The first-order valence-electron chi connectivity index (χ1n) is 8.06. The zero-order valence-corrected chi connectivity index (χ0v) is 16.0. The van der Waals surface area contributed by atoms with Crippen molar-refractivity contribution >= 4 is 41.3 Å². The molecule has 0 spiro atoms. The molecule has 7 nitrogen and oxygen atoms in total. The number of hydrogen-bond acceptors (Lipinski definition) is 6. The molecule has 2 atom stereocenters. The van der Waals surface area contributed by atoms with Gasteiger partial charge in [0.05, 0.1) is 11.6 Å². The van der Waals surface area contributed by atoms with Crippen molar-refractivity contribution in [3.05, 3.63) is 40.4 Å². The van der Waals surface area contributed by atoms with Gasteiger partial charge in [0.15, 0.2) is 0 Å². The van der Waals surface area contributed by atoms with Crippen LogP contribution in [0.15, 0.2) is 39.8 Å². The summed E-state index contributed by atoms with van der Waals surface area (Å²) in [6.45, 7) is 0. The lowest BCUT2D eigenvalue weighted by molar-refractivity contribution is -0.150. The second-order valence-electron chi connectivity index (χ2n) is 5.99. The van der Waals surface area contributed by atoms with Crippen LogP contribution in [0.5, 0.6) is 0 Å². The van der Waals surface area contributed by atoms with Gasteiger partial charge in [-0.3, -0.25) is 14.5 Å². The number of aliphatic carboxylic acids is 1. The Kier molecular flexibility index (Phi) is 5.81. The van der Waals surface area contributed by atoms with Gasteiger partial charge in [0.25, 0.3) is 5.91 Å². The minimum atomic E-state index is -4.47. The number of amides is 2. The van der Waals surface area contributed by atoms with Crippen molar-refractivity contribution in [3.63, 3.8) is 0 Å². The van der Waals surface area contributed by atoms with Crippen molar-refractivity contribution in [3.8, 4) is 6.07 Å². The van der Waals surface area contributed by atoms with Crippen molar-refractivity contribution in [2.24, 2.45) is 0 Å². The van der Waals surface area contributed by atoms with Gasteiger partial charge in [-0.25, -0.2) is 4.79 Å². The highest BCUT2D eigenvalue weighted by Crippen LogP contribution is 2.45. The number of β-lactam (4-membered cyclic amide) rings is 1. The van der Waals surface area contributed by atoms with E-state index in [4.69, 9.17) is 5.26 Å². The van der Waals surface area contributed by atoms with Crippen LogP contribution >= 0.6 is 23.5 Å². The third-order valence-corrected chi connectivity index (χ3v) is 6.67. The fraction of sp³-hybridized carbons (Fsp3) is 0.294. The Morgan fingerprint density at radius 2 is 2.00 bits per heavy atom. The van der Waals surface area contributed by atoms with Gasteiger partial charge in [-0.15, -0.1) is 11.8 Å². The fourth-order valence-electron chi connectivity index (χ4n) is 2.82. The van der Waals surface area contributed by atoms with Crippen LogP contribution in [0.25, 0.3) is 0 Å². The Bertz CT molecular complexity index is 941. The van der Waals surface area contributed by atoms with E-state index in [0.29, 0.717) is 9.80 Å². The predicted molar refractivity (Wildman–Crippen MR) is 97.2 cm³/mol. The summed E-state index contributed by atoms with van der Waals surface area (Å²) in [6, 6.07) is 5.01. The third kappa shape index (κ3) is 4.20. The lowest BCUT2D eigenvalue weighted by Crippen LogP contribution is -2.70. The minimum absolute atomic E-state index is 0.201. The normalized spacial score (nSPS) is 21.2. The van der Waals surface area contributed by atoms with Crippen molar-refractivity contribution in [2.45, 2.75) is 28.9 Å². The Morgan fingerprint density at radius 3 is 2.55 bits per heavy atom. The molecule has 2 aliphatic rings. The number of hydrogen-bond donors (Lipinski definition) is 2. The van der Waals surface area contributed by atoms with Crippen molar-refractivity contribution < 1.29 is 32.7 Å². The number of alkyl halides is 3. The second kappa shape index (κ2) is 8.00. The number of nitrogens with zero attached hydrogens (tertiary/aromatic N) is 2. The van der Waals surface area contributed by atoms with E-state index in [1.807, 2.05) is 0 Å². The number of carboxylic acid groups (broad SMARTS) is 1. The smallest absolute Gasteiger partial charge is 0.416 e. The molecule has 0 saturated carbocycles. The molecule has 0 aliphatic carbocycles. The van der Waals surface area contributed by atoms with E-state index in [-0.39, 0.29) is 11.4 Å². The average Bonchev–Trinajstić information content (AvgIpc) is 2.65.